The number of aromatic nitrogens is 2. The van der Waals surface area contributed by atoms with Crippen molar-refractivity contribution in [1.29, 1.82) is 0 Å². The van der Waals surface area contributed by atoms with Crippen LogP contribution in [0.1, 0.15) is 12.1 Å². The molecule has 3 aromatic rings. The maximum Gasteiger partial charge on any atom is 0.433 e. The van der Waals surface area contributed by atoms with Gasteiger partial charge in [0.2, 0.25) is 20.9 Å². The highest BCUT2D eigenvalue weighted by Gasteiger charge is 2.35. The van der Waals surface area contributed by atoms with E-state index in [1.807, 2.05) is 0 Å². The number of halogens is 3. The van der Waals surface area contributed by atoms with E-state index in [0.29, 0.717) is 17.5 Å². The standard InChI is InChI=1S/C21H18F3N3O4S/c1-31-16-9-7-14(8-10-16)17-13-18(21(22,23)24)27-20(26-17)32(29,30)12-11-19(28)25-15-5-3-2-4-6-15/h2-10,13H,11-12H2,1H3,(H,25,28). The van der Waals surface area contributed by atoms with Gasteiger partial charge in [0.05, 0.1) is 18.6 Å². The molecule has 1 N–H and O–H groups in total. The van der Waals surface area contributed by atoms with Gasteiger partial charge in [0.15, 0.2) is 0 Å². The van der Waals surface area contributed by atoms with Crippen LogP contribution in [0, 0.1) is 0 Å². The smallest absolute Gasteiger partial charge is 0.433 e. The van der Waals surface area contributed by atoms with Crippen molar-refractivity contribution < 1.29 is 31.1 Å². The van der Waals surface area contributed by atoms with Gasteiger partial charge in [-0.1, -0.05) is 18.2 Å². The Morgan fingerprint density at radius 3 is 2.28 bits per heavy atom. The monoisotopic (exact) mass is 465 g/mol. The minimum atomic E-state index is -4.89. The van der Waals surface area contributed by atoms with Crippen molar-refractivity contribution in [3.63, 3.8) is 0 Å². The summed E-state index contributed by atoms with van der Waals surface area (Å²) in [5.74, 6) is -0.895. The van der Waals surface area contributed by atoms with Gasteiger partial charge in [0, 0.05) is 17.7 Å². The van der Waals surface area contributed by atoms with Crippen molar-refractivity contribution in [2.75, 3.05) is 18.2 Å². The first kappa shape index (κ1) is 23.2. The van der Waals surface area contributed by atoms with Crippen LogP contribution in [0.5, 0.6) is 5.75 Å². The molecule has 0 fully saturated rings. The number of nitrogens with zero attached hydrogens (tertiary/aromatic N) is 2. The van der Waals surface area contributed by atoms with E-state index in [1.54, 1.807) is 30.3 Å². The second-order valence-corrected chi connectivity index (χ2v) is 8.63. The highest BCUT2D eigenvalue weighted by molar-refractivity contribution is 7.91. The topological polar surface area (TPSA) is 98.2 Å². The number of methoxy groups -OCH3 is 1. The van der Waals surface area contributed by atoms with E-state index < -0.39 is 44.9 Å². The number of ether oxygens (including phenoxy) is 1. The van der Waals surface area contributed by atoms with Crippen LogP contribution >= 0.6 is 0 Å². The molecule has 0 atom stereocenters. The van der Waals surface area contributed by atoms with E-state index in [-0.39, 0.29) is 11.3 Å². The fraction of sp³-hybridized carbons (Fsp3) is 0.190. The minimum Gasteiger partial charge on any atom is -0.497 e. The molecule has 0 bridgehead atoms. The molecule has 1 heterocycles. The normalized spacial score (nSPS) is 11.8. The van der Waals surface area contributed by atoms with Crippen LogP contribution in [-0.2, 0) is 20.8 Å². The van der Waals surface area contributed by atoms with Crippen LogP contribution < -0.4 is 10.1 Å². The number of benzene rings is 2. The van der Waals surface area contributed by atoms with Crippen LogP contribution in [0.4, 0.5) is 18.9 Å². The zero-order valence-corrected chi connectivity index (χ0v) is 17.6. The number of nitrogens with one attached hydrogen (secondary N) is 1. The van der Waals surface area contributed by atoms with E-state index in [0.717, 1.165) is 0 Å². The quantitative estimate of drug-likeness (QED) is 0.530. The largest absolute Gasteiger partial charge is 0.497 e. The molecule has 1 amide bonds. The molecule has 32 heavy (non-hydrogen) atoms. The Kier molecular flexibility index (Phi) is 6.78. The van der Waals surface area contributed by atoms with Gasteiger partial charge in [0.25, 0.3) is 0 Å². The van der Waals surface area contributed by atoms with Crippen LogP contribution in [0.15, 0.2) is 65.8 Å². The summed E-state index contributed by atoms with van der Waals surface area (Å²) in [5, 5.41) is 1.52. The van der Waals surface area contributed by atoms with Gasteiger partial charge < -0.3 is 10.1 Å². The molecular weight excluding hydrogens is 447 g/mol. The number of anilines is 1. The number of carbonyl (C=O) groups is 1. The van der Waals surface area contributed by atoms with E-state index in [4.69, 9.17) is 4.74 Å². The first-order valence-corrected chi connectivity index (χ1v) is 10.9. The lowest BCUT2D eigenvalue weighted by molar-refractivity contribution is -0.141. The lowest BCUT2D eigenvalue weighted by atomic mass is 10.1. The van der Waals surface area contributed by atoms with Gasteiger partial charge in [-0.2, -0.15) is 13.2 Å². The molecule has 0 aliphatic carbocycles. The number of hydrogen-bond acceptors (Lipinski definition) is 6. The van der Waals surface area contributed by atoms with Crippen LogP contribution in [-0.4, -0.2) is 37.2 Å². The van der Waals surface area contributed by atoms with E-state index >= 15 is 0 Å². The Bertz CT molecular complexity index is 1200. The lowest BCUT2D eigenvalue weighted by Gasteiger charge is -2.11. The summed E-state index contributed by atoms with van der Waals surface area (Å²) >= 11 is 0. The molecule has 3 rings (SSSR count). The summed E-state index contributed by atoms with van der Waals surface area (Å²) in [4.78, 5) is 19.1. The van der Waals surface area contributed by atoms with Gasteiger partial charge >= 0.3 is 6.18 Å². The number of sulfone groups is 1. The predicted molar refractivity (Wildman–Crippen MR) is 111 cm³/mol. The Labute approximate surface area is 182 Å². The molecule has 168 valence electrons. The highest BCUT2D eigenvalue weighted by Crippen LogP contribution is 2.31. The number of para-hydroxylation sites is 1. The predicted octanol–water partition coefficient (Wildman–Crippen LogP) is 3.97. The zero-order chi connectivity index (χ0) is 23.4. The van der Waals surface area contributed by atoms with E-state index in [1.165, 1.54) is 31.4 Å². The summed E-state index contributed by atoms with van der Waals surface area (Å²) in [5.41, 5.74) is -0.906. The van der Waals surface area contributed by atoms with Gasteiger partial charge in [-0.25, -0.2) is 18.4 Å². The van der Waals surface area contributed by atoms with Gasteiger partial charge in [-0.3, -0.25) is 4.79 Å². The number of rotatable bonds is 7. The number of amides is 1. The molecule has 1 aromatic heterocycles. The average molecular weight is 465 g/mol. The third-order valence-electron chi connectivity index (χ3n) is 4.32. The summed E-state index contributed by atoms with van der Waals surface area (Å²) in [6.07, 6.45) is -5.37. The first-order chi connectivity index (χ1) is 15.1. The van der Waals surface area contributed by atoms with Crippen LogP contribution in [0.3, 0.4) is 0 Å². The highest BCUT2D eigenvalue weighted by atomic mass is 32.2. The molecule has 11 heteroatoms. The van der Waals surface area contributed by atoms with Crippen molar-refractivity contribution >= 4 is 21.4 Å². The zero-order valence-electron chi connectivity index (χ0n) is 16.8. The molecular formula is C21H18F3N3O4S. The maximum absolute atomic E-state index is 13.4. The molecule has 2 aromatic carbocycles. The molecule has 0 aliphatic rings. The lowest BCUT2D eigenvalue weighted by Crippen LogP contribution is -2.20. The molecule has 0 radical (unpaired) electrons. The van der Waals surface area contributed by atoms with Gasteiger partial charge in [-0.05, 0) is 42.5 Å². The Morgan fingerprint density at radius 2 is 1.69 bits per heavy atom. The Hall–Kier alpha value is -3.47. The van der Waals surface area contributed by atoms with Crippen LogP contribution in [0.25, 0.3) is 11.3 Å². The summed E-state index contributed by atoms with van der Waals surface area (Å²) < 4.78 is 70.4. The second-order valence-electron chi connectivity index (χ2n) is 6.63. The Balaban J connectivity index is 1.88. The van der Waals surface area contributed by atoms with Gasteiger partial charge in [0.1, 0.15) is 11.4 Å². The molecule has 0 aliphatic heterocycles. The van der Waals surface area contributed by atoms with Crippen LogP contribution in [0.2, 0.25) is 0 Å². The molecule has 0 spiro atoms. The molecule has 7 nitrogen and oxygen atoms in total. The van der Waals surface area contributed by atoms with E-state index in [9.17, 15) is 26.4 Å². The Morgan fingerprint density at radius 1 is 1.03 bits per heavy atom. The maximum atomic E-state index is 13.4. The summed E-state index contributed by atoms with van der Waals surface area (Å²) in [6, 6.07) is 14.9. The van der Waals surface area contributed by atoms with E-state index in [2.05, 4.69) is 15.3 Å². The third-order valence-corrected chi connectivity index (χ3v) is 5.80. The van der Waals surface area contributed by atoms with Crippen molar-refractivity contribution in [3.8, 4) is 17.0 Å². The molecule has 0 saturated heterocycles. The third kappa shape index (κ3) is 5.82. The van der Waals surface area contributed by atoms with Crippen molar-refractivity contribution in [3.05, 3.63) is 66.4 Å². The SMILES string of the molecule is COc1ccc(-c2cc(C(F)(F)F)nc(S(=O)(=O)CCC(=O)Nc3ccccc3)n2)cc1. The van der Waals surface area contributed by atoms with Crippen molar-refractivity contribution in [2.45, 2.75) is 17.8 Å². The summed E-state index contributed by atoms with van der Waals surface area (Å²) in [7, 11) is -2.95. The van der Waals surface area contributed by atoms with Gasteiger partial charge in [-0.15, -0.1) is 0 Å². The molecule has 0 saturated carbocycles. The van der Waals surface area contributed by atoms with Crippen molar-refractivity contribution in [2.24, 2.45) is 0 Å². The first-order valence-electron chi connectivity index (χ1n) is 9.27. The fourth-order valence-electron chi connectivity index (χ4n) is 2.68. The fourth-order valence-corrected chi connectivity index (χ4v) is 3.79. The second kappa shape index (κ2) is 9.35. The summed E-state index contributed by atoms with van der Waals surface area (Å²) in [6.45, 7) is 0. The molecule has 0 unspecified atom stereocenters. The number of alkyl halides is 3. The number of hydrogen-bond donors (Lipinski definition) is 1. The van der Waals surface area contributed by atoms with Crippen molar-refractivity contribution in [1.82, 2.24) is 9.97 Å². The average Bonchev–Trinajstić information content (AvgIpc) is 2.77. The minimum absolute atomic E-state index is 0.220. The number of carbonyl (C=O) groups excluding carboxylic acids is 1.